The first-order valence-electron chi connectivity index (χ1n) is 4.42. The summed E-state index contributed by atoms with van der Waals surface area (Å²) < 4.78 is 35.0. The Labute approximate surface area is 86.3 Å². The molecular formula is C8H16F3NOS. The largest absolute Gasteiger partial charge is 0.441 e. The second kappa shape index (κ2) is 6.53. The van der Waals surface area contributed by atoms with Gasteiger partial charge in [-0.3, -0.25) is 0 Å². The SMILES string of the molecule is CC(C)C(O)CNCCSC(F)(F)F. The fraction of sp³-hybridized carbons (Fsp3) is 1.00. The summed E-state index contributed by atoms with van der Waals surface area (Å²) in [6, 6.07) is 0. The third-order valence-corrected chi connectivity index (χ3v) is 2.40. The fourth-order valence-corrected chi connectivity index (χ4v) is 1.20. The number of hydrogen-bond donors (Lipinski definition) is 2. The summed E-state index contributed by atoms with van der Waals surface area (Å²) >= 11 is -0.0505. The predicted molar refractivity (Wildman–Crippen MR) is 52.2 cm³/mol. The van der Waals surface area contributed by atoms with E-state index < -0.39 is 11.6 Å². The van der Waals surface area contributed by atoms with Crippen LogP contribution in [0, 0.1) is 5.92 Å². The molecule has 0 saturated heterocycles. The summed E-state index contributed by atoms with van der Waals surface area (Å²) in [6.45, 7) is 4.32. The van der Waals surface area contributed by atoms with Crippen LogP contribution in [0.5, 0.6) is 0 Å². The lowest BCUT2D eigenvalue weighted by atomic mass is 10.1. The van der Waals surface area contributed by atoms with E-state index >= 15 is 0 Å². The van der Waals surface area contributed by atoms with Gasteiger partial charge in [-0.05, 0) is 17.7 Å². The Balaban J connectivity index is 3.30. The second-order valence-corrected chi connectivity index (χ2v) is 4.47. The van der Waals surface area contributed by atoms with Gasteiger partial charge >= 0.3 is 5.51 Å². The van der Waals surface area contributed by atoms with Crippen molar-refractivity contribution < 1.29 is 18.3 Å². The highest BCUT2D eigenvalue weighted by molar-refractivity contribution is 8.00. The van der Waals surface area contributed by atoms with E-state index in [1.807, 2.05) is 13.8 Å². The van der Waals surface area contributed by atoms with Crippen molar-refractivity contribution in [2.45, 2.75) is 25.5 Å². The van der Waals surface area contributed by atoms with Gasteiger partial charge in [0.25, 0.3) is 0 Å². The fourth-order valence-electron chi connectivity index (χ4n) is 0.725. The molecule has 0 aliphatic heterocycles. The molecule has 0 spiro atoms. The minimum absolute atomic E-state index is 0.0195. The number of thioether (sulfide) groups is 1. The Kier molecular flexibility index (Phi) is 6.55. The normalized spacial score (nSPS) is 14.8. The van der Waals surface area contributed by atoms with Crippen molar-refractivity contribution in [3.05, 3.63) is 0 Å². The molecule has 0 amide bonds. The molecule has 0 heterocycles. The van der Waals surface area contributed by atoms with Crippen LogP contribution in [-0.4, -0.2) is 35.6 Å². The highest BCUT2D eigenvalue weighted by Crippen LogP contribution is 2.29. The van der Waals surface area contributed by atoms with Crippen molar-refractivity contribution in [3.8, 4) is 0 Å². The van der Waals surface area contributed by atoms with Gasteiger partial charge in [-0.1, -0.05) is 13.8 Å². The van der Waals surface area contributed by atoms with E-state index in [0.29, 0.717) is 6.54 Å². The van der Waals surface area contributed by atoms with Gasteiger partial charge in [-0.15, -0.1) is 0 Å². The van der Waals surface area contributed by atoms with E-state index in [-0.39, 0.29) is 30.0 Å². The molecule has 0 aliphatic rings. The number of alkyl halides is 3. The smallest absolute Gasteiger partial charge is 0.392 e. The van der Waals surface area contributed by atoms with Crippen LogP contribution in [0.25, 0.3) is 0 Å². The molecule has 0 aromatic rings. The van der Waals surface area contributed by atoms with Crippen molar-refractivity contribution in [1.29, 1.82) is 0 Å². The van der Waals surface area contributed by atoms with Crippen LogP contribution >= 0.6 is 11.8 Å². The Hall–Kier alpha value is 0.0600. The molecule has 0 fully saturated rings. The Morgan fingerprint density at radius 3 is 2.36 bits per heavy atom. The van der Waals surface area contributed by atoms with Crippen molar-refractivity contribution in [3.63, 3.8) is 0 Å². The monoisotopic (exact) mass is 231 g/mol. The van der Waals surface area contributed by atoms with Crippen molar-refractivity contribution >= 4 is 11.8 Å². The minimum Gasteiger partial charge on any atom is -0.392 e. The van der Waals surface area contributed by atoms with Gasteiger partial charge in [0.1, 0.15) is 0 Å². The van der Waals surface area contributed by atoms with E-state index in [4.69, 9.17) is 0 Å². The molecule has 0 bridgehead atoms. The summed E-state index contributed by atoms with van der Waals surface area (Å²) in [5.74, 6) is 0.103. The topological polar surface area (TPSA) is 32.3 Å². The van der Waals surface area contributed by atoms with E-state index in [1.54, 1.807) is 0 Å². The summed E-state index contributed by atoms with van der Waals surface area (Å²) in [5.41, 5.74) is -4.15. The van der Waals surface area contributed by atoms with Crippen LogP contribution < -0.4 is 5.32 Å². The Morgan fingerprint density at radius 1 is 1.36 bits per heavy atom. The van der Waals surface area contributed by atoms with E-state index in [9.17, 15) is 18.3 Å². The predicted octanol–water partition coefficient (Wildman–Crippen LogP) is 1.85. The van der Waals surface area contributed by atoms with Crippen LogP contribution in [0.15, 0.2) is 0 Å². The van der Waals surface area contributed by atoms with Gasteiger partial charge in [0.05, 0.1) is 6.10 Å². The van der Waals surface area contributed by atoms with Crippen molar-refractivity contribution in [2.75, 3.05) is 18.8 Å². The third-order valence-electron chi connectivity index (χ3n) is 1.67. The number of rotatable bonds is 6. The van der Waals surface area contributed by atoms with E-state index in [0.717, 1.165) is 0 Å². The zero-order valence-electron chi connectivity index (χ0n) is 8.27. The lowest BCUT2D eigenvalue weighted by molar-refractivity contribution is -0.0327. The number of aliphatic hydroxyl groups is 1. The number of aliphatic hydroxyl groups excluding tert-OH is 1. The molecule has 6 heteroatoms. The maximum atomic E-state index is 11.7. The van der Waals surface area contributed by atoms with Crippen molar-refractivity contribution in [2.24, 2.45) is 5.92 Å². The minimum atomic E-state index is -4.15. The zero-order valence-corrected chi connectivity index (χ0v) is 9.08. The van der Waals surface area contributed by atoms with Gasteiger partial charge in [0.15, 0.2) is 0 Å². The van der Waals surface area contributed by atoms with Gasteiger partial charge in [-0.25, -0.2) is 0 Å². The van der Waals surface area contributed by atoms with Gasteiger partial charge < -0.3 is 10.4 Å². The highest BCUT2D eigenvalue weighted by atomic mass is 32.2. The highest BCUT2D eigenvalue weighted by Gasteiger charge is 2.27. The maximum Gasteiger partial charge on any atom is 0.441 e. The molecule has 0 saturated carbocycles. The molecule has 0 aliphatic carbocycles. The quantitative estimate of drug-likeness (QED) is 0.684. The molecule has 2 nitrogen and oxygen atoms in total. The Bertz CT molecular complexity index is 152. The molecule has 1 atom stereocenters. The molecule has 0 radical (unpaired) electrons. The van der Waals surface area contributed by atoms with Gasteiger partial charge in [-0.2, -0.15) is 13.2 Å². The maximum absolute atomic E-state index is 11.7. The molecule has 0 aromatic heterocycles. The summed E-state index contributed by atoms with van der Waals surface area (Å²) in [5, 5.41) is 12.1. The molecular weight excluding hydrogens is 215 g/mol. The van der Waals surface area contributed by atoms with Crippen LogP contribution in [0.4, 0.5) is 13.2 Å². The number of nitrogens with one attached hydrogen (secondary N) is 1. The summed E-state index contributed by atoms with van der Waals surface area (Å²) in [4.78, 5) is 0. The van der Waals surface area contributed by atoms with Crippen LogP contribution in [0.2, 0.25) is 0 Å². The summed E-state index contributed by atoms with van der Waals surface area (Å²) in [7, 11) is 0. The van der Waals surface area contributed by atoms with Gasteiger partial charge in [0, 0.05) is 18.8 Å². The molecule has 2 N–H and O–H groups in total. The number of hydrogen-bond acceptors (Lipinski definition) is 3. The molecule has 0 aromatic carbocycles. The zero-order chi connectivity index (χ0) is 11.2. The van der Waals surface area contributed by atoms with Crippen LogP contribution in [-0.2, 0) is 0 Å². The van der Waals surface area contributed by atoms with E-state index in [1.165, 1.54) is 0 Å². The molecule has 86 valence electrons. The first-order valence-corrected chi connectivity index (χ1v) is 5.41. The Morgan fingerprint density at radius 2 is 1.93 bits per heavy atom. The first kappa shape index (κ1) is 14.1. The average molecular weight is 231 g/mol. The standard InChI is InChI=1S/C8H16F3NOS/c1-6(2)7(13)5-12-3-4-14-8(9,10)11/h6-7,12-13H,3-5H2,1-2H3. The average Bonchev–Trinajstić information content (AvgIpc) is 2.01. The molecule has 0 rings (SSSR count). The van der Waals surface area contributed by atoms with Crippen LogP contribution in [0.3, 0.4) is 0 Å². The third kappa shape index (κ3) is 8.65. The van der Waals surface area contributed by atoms with Crippen molar-refractivity contribution in [1.82, 2.24) is 5.32 Å². The first-order chi connectivity index (χ1) is 6.33. The van der Waals surface area contributed by atoms with Gasteiger partial charge in [0.2, 0.25) is 0 Å². The van der Waals surface area contributed by atoms with E-state index in [2.05, 4.69) is 5.32 Å². The second-order valence-electron chi connectivity index (χ2n) is 3.31. The lowest BCUT2D eigenvalue weighted by Crippen LogP contribution is -2.32. The molecule has 1 unspecified atom stereocenters. The lowest BCUT2D eigenvalue weighted by Gasteiger charge is -2.15. The molecule has 14 heavy (non-hydrogen) atoms. The summed E-state index contributed by atoms with van der Waals surface area (Å²) in [6.07, 6.45) is -0.495. The number of halogens is 3. The van der Waals surface area contributed by atoms with Crippen LogP contribution in [0.1, 0.15) is 13.8 Å².